The Bertz CT molecular complexity index is 513. The molecule has 3 unspecified atom stereocenters. The number of carbonyl (C=O) groups excluding carboxylic acids is 1. The highest BCUT2D eigenvalue weighted by Gasteiger charge is 2.44. The third kappa shape index (κ3) is 3.41. The summed E-state index contributed by atoms with van der Waals surface area (Å²) in [6.45, 7) is 0.384. The van der Waals surface area contributed by atoms with Gasteiger partial charge < -0.3 is 10.4 Å². The van der Waals surface area contributed by atoms with Crippen LogP contribution in [0.2, 0.25) is 5.02 Å². The summed E-state index contributed by atoms with van der Waals surface area (Å²) in [5, 5.41) is 13.7. The Labute approximate surface area is 130 Å². The van der Waals surface area contributed by atoms with E-state index in [1.165, 1.54) is 12.8 Å². The van der Waals surface area contributed by atoms with Gasteiger partial charge in [-0.3, -0.25) is 4.79 Å². The summed E-state index contributed by atoms with van der Waals surface area (Å²) in [7, 11) is 0. The van der Waals surface area contributed by atoms with E-state index in [1.807, 2.05) is 24.3 Å². The Morgan fingerprint density at radius 2 is 2.05 bits per heavy atom. The van der Waals surface area contributed by atoms with Crippen molar-refractivity contribution < 1.29 is 9.90 Å². The van der Waals surface area contributed by atoms with Gasteiger partial charge in [0.15, 0.2) is 0 Å². The van der Waals surface area contributed by atoms with Crippen molar-refractivity contribution in [3.63, 3.8) is 0 Å². The van der Waals surface area contributed by atoms with E-state index in [4.69, 9.17) is 11.6 Å². The summed E-state index contributed by atoms with van der Waals surface area (Å²) in [4.78, 5) is 12.2. The highest BCUT2D eigenvalue weighted by molar-refractivity contribution is 6.31. The summed E-state index contributed by atoms with van der Waals surface area (Å²) in [5.74, 6) is 0.670. The van der Waals surface area contributed by atoms with Crippen molar-refractivity contribution in [2.45, 2.75) is 44.1 Å². The first kappa shape index (κ1) is 14.9. The van der Waals surface area contributed by atoms with E-state index in [0.717, 1.165) is 29.8 Å². The third-order valence-electron chi connectivity index (χ3n) is 4.86. The molecule has 21 heavy (non-hydrogen) atoms. The predicted octanol–water partition coefficient (Wildman–Crippen LogP) is 3.11. The highest BCUT2D eigenvalue weighted by atomic mass is 35.5. The monoisotopic (exact) mass is 307 g/mol. The molecule has 1 aromatic rings. The van der Waals surface area contributed by atoms with Crippen LogP contribution in [0.3, 0.4) is 0 Å². The minimum Gasteiger partial charge on any atom is -0.391 e. The lowest BCUT2D eigenvalue weighted by Crippen LogP contribution is -2.36. The van der Waals surface area contributed by atoms with Crippen LogP contribution in [-0.2, 0) is 4.79 Å². The number of aliphatic hydroxyl groups excluding tert-OH is 1. The molecule has 3 atom stereocenters. The van der Waals surface area contributed by atoms with Crippen LogP contribution in [0.15, 0.2) is 24.3 Å². The first-order valence-corrected chi connectivity index (χ1v) is 8.25. The minimum absolute atomic E-state index is 0.0145. The van der Waals surface area contributed by atoms with Crippen molar-refractivity contribution in [3.05, 3.63) is 34.9 Å². The SMILES string of the molecule is O=C(NCC(O)C1CCCC1)C1CC1c1ccccc1Cl. The van der Waals surface area contributed by atoms with Gasteiger partial charge in [0.1, 0.15) is 0 Å². The van der Waals surface area contributed by atoms with Gasteiger partial charge in [-0.05, 0) is 42.7 Å². The molecule has 1 amide bonds. The lowest BCUT2D eigenvalue weighted by molar-refractivity contribution is -0.123. The van der Waals surface area contributed by atoms with Gasteiger partial charge in [-0.25, -0.2) is 0 Å². The van der Waals surface area contributed by atoms with Crippen molar-refractivity contribution in [1.82, 2.24) is 5.32 Å². The fraction of sp³-hybridized carbons (Fsp3) is 0.588. The van der Waals surface area contributed by atoms with Crippen molar-refractivity contribution in [2.24, 2.45) is 11.8 Å². The van der Waals surface area contributed by atoms with Crippen LogP contribution in [0.5, 0.6) is 0 Å². The van der Waals surface area contributed by atoms with E-state index in [1.54, 1.807) is 0 Å². The molecule has 1 aromatic carbocycles. The smallest absolute Gasteiger partial charge is 0.223 e. The largest absolute Gasteiger partial charge is 0.391 e. The number of aliphatic hydroxyl groups is 1. The Morgan fingerprint density at radius 1 is 1.33 bits per heavy atom. The lowest BCUT2D eigenvalue weighted by Gasteiger charge is -2.18. The standard InChI is InChI=1S/C17H22ClNO2/c18-15-8-4-3-7-12(15)13-9-14(13)17(21)19-10-16(20)11-5-1-2-6-11/h3-4,7-8,11,13-14,16,20H,1-2,5-6,9-10H2,(H,19,21). The van der Waals surface area contributed by atoms with Crippen LogP contribution in [-0.4, -0.2) is 23.7 Å². The maximum absolute atomic E-state index is 12.2. The summed E-state index contributed by atoms with van der Waals surface area (Å²) >= 11 is 6.17. The zero-order valence-electron chi connectivity index (χ0n) is 12.1. The van der Waals surface area contributed by atoms with Gasteiger partial charge in [-0.15, -0.1) is 0 Å². The summed E-state index contributed by atoms with van der Waals surface area (Å²) in [6.07, 6.45) is 5.04. The Hall–Kier alpha value is -1.06. The van der Waals surface area contributed by atoms with Crippen LogP contribution in [0.4, 0.5) is 0 Å². The quantitative estimate of drug-likeness (QED) is 0.878. The molecule has 2 saturated carbocycles. The second-order valence-electron chi connectivity index (χ2n) is 6.33. The fourth-order valence-corrected chi connectivity index (χ4v) is 3.73. The first-order chi connectivity index (χ1) is 10.2. The topological polar surface area (TPSA) is 49.3 Å². The maximum atomic E-state index is 12.2. The average Bonchev–Trinajstić information content (AvgIpc) is 3.08. The number of hydrogen-bond donors (Lipinski definition) is 2. The fourth-order valence-electron chi connectivity index (χ4n) is 3.45. The number of nitrogens with one attached hydrogen (secondary N) is 1. The number of carbonyl (C=O) groups is 1. The molecule has 3 rings (SSSR count). The summed E-state index contributed by atoms with van der Waals surface area (Å²) in [5.41, 5.74) is 1.07. The van der Waals surface area contributed by atoms with Gasteiger partial charge in [0.25, 0.3) is 0 Å². The van der Waals surface area contributed by atoms with Crippen molar-refractivity contribution in [3.8, 4) is 0 Å². The molecule has 0 aliphatic heterocycles. The van der Waals surface area contributed by atoms with Gasteiger partial charge in [0.2, 0.25) is 5.91 Å². The van der Waals surface area contributed by atoms with Gasteiger partial charge in [0, 0.05) is 17.5 Å². The Morgan fingerprint density at radius 3 is 2.76 bits per heavy atom. The van der Waals surface area contributed by atoms with Crippen LogP contribution in [0, 0.1) is 11.8 Å². The highest BCUT2D eigenvalue weighted by Crippen LogP contribution is 2.49. The second kappa shape index (κ2) is 6.37. The maximum Gasteiger partial charge on any atom is 0.223 e. The molecule has 0 spiro atoms. The van der Waals surface area contributed by atoms with E-state index in [-0.39, 0.29) is 17.7 Å². The number of hydrogen-bond acceptors (Lipinski definition) is 2. The number of benzene rings is 1. The molecule has 114 valence electrons. The van der Waals surface area contributed by atoms with E-state index >= 15 is 0 Å². The molecule has 0 saturated heterocycles. The zero-order chi connectivity index (χ0) is 14.8. The van der Waals surface area contributed by atoms with Gasteiger partial charge >= 0.3 is 0 Å². The summed E-state index contributed by atoms with van der Waals surface area (Å²) in [6, 6.07) is 7.72. The lowest BCUT2D eigenvalue weighted by atomic mass is 10.0. The van der Waals surface area contributed by atoms with Crippen molar-refractivity contribution >= 4 is 17.5 Å². The zero-order valence-corrected chi connectivity index (χ0v) is 12.9. The molecule has 2 aliphatic rings. The Kier molecular flexibility index (Phi) is 4.51. The van der Waals surface area contributed by atoms with Crippen molar-refractivity contribution in [1.29, 1.82) is 0 Å². The molecule has 2 aliphatic carbocycles. The molecule has 2 fully saturated rings. The van der Waals surface area contributed by atoms with Gasteiger partial charge in [0.05, 0.1) is 6.10 Å². The minimum atomic E-state index is -0.394. The third-order valence-corrected chi connectivity index (χ3v) is 5.21. The number of halogens is 1. The average molecular weight is 308 g/mol. The van der Waals surface area contributed by atoms with Gasteiger partial charge in [-0.1, -0.05) is 42.6 Å². The molecule has 4 heteroatoms. The number of rotatable bonds is 5. The molecule has 0 radical (unpaired) electrons. The predicted molar refractivity (Wildman–Crippen MR) is 83.3 cm³/mol. The van der Waals surface area contributed by atoms with Crippen LogP contribution in [0.25, 0.3) is 0 Å². The van der Waals surface area contributed by atoms with Crippen molar-refractivity contribution in [2.75, 3.05) is 6.54 Å². The normalized spacial score (nSPS) is 26.6. The molecular formula is C17H22ClNO2. The molecular weight excluding hydrogens is 286 g/mol. The molecule has 2 N–H and O–H groups in total. The van der Waals surface area contributed by atoms with Gasteiger partial charge in [-0.2, -0.15) is 0 Å². The summed E-state index contributed by atoms with van der Waals surface area (Å²) < 4.78 is 0. The number of amides is 1. The second-order valence-corrected chi connectivity index (χ2v) is 6.73. The van der Waals surface area contributed by atoms with Crippen LogP contribution >= 0.6 is 11.6 Å². The van der Waals surface area contributed by atoms with E-state index in [0.29, 0.717) is 12.5 Å². The first-order valence-electron chi connectivity index (χ1n) is 7.87. The Balaban J connectivity index is 1.48. The van der Waals surface area contributed by atoms with Crippen LogP contribution < -0.4 is 5.32 Å². The van der Waals surface area contributed by atoms with E-state index in [2.05, 4.69) is 5.32 Å². The van der Waals surface area contributed by atoms with E-state index < -0.39 is 6.10 Å². The van der Waals surface area contributed by atoms with E-state index in [9.17, 15) is 9.90 Å². The molecule has 0 aromatic heterocycles. The molecule has 3 nitrogen and oxygen atoms in total. The molecule has 0 heterocycles. The van der Waals surface area contributed by atoms with Crippen LogP contribution in [0.1, 0.15) is 43.6 Å². The molecule has 0 bridgehead atoms.